The lowest BCUT2D eigenvalue weighted by Crippen LogP contribution is -2.29. The molecule has 0 bridgehead atoms. The number of hydrogen-bond donors (Lipinski definition) is 0. The van der Waals surface area contributed by atoms with Crippen LogP contribution < -0.4 is 0 Å². The smallest absolute Gasteiger partial charge is 0.0126 e. The fraction of sp³-hybridized carbons (Fsp3) is 0.657. The number of rotatable bonds is 4. The summed E-state index contributed by atoms with van der Waals surface area (Å²) in [5.74, 6) is 0. The minimum atomic E-state index is 0.115. The summed E-state index contributed by atoms with van der Waals surface area (Å²) in [6.07, 6.45) is 3.44. The fourth-order valence-corrected chi connectivity index (χ4v) is 5.30. The topological polar surface area (TPSA) is 0 Å². The standard InChI is InChI=1S/C35H56/c1-31(2,3)26-21-24(22-27(23-26)32(4,5)6)17-16-18-25-19-20-28(33(7,8)9)30(35(13,14)15)29(25)34(10,11)12/h19-23H,16-18H2,1-15H3. The molecular weight excluding hydrogens is 420 g/mol. The van der Waals surface area contributed by atoms with Crippen molar-refractivity contribution in [2.24, 2.45) is 0 Å². The molecule has 0 saturated carbocycles. The average Bonchev–Trinajstić information content (AvgIpc) is 2.63. The lowest BCUT2D eigenvalue weighted by Gasteiger charge is -2.38. The van der Waals surface area contributed by atoms with Gasteiger partial charge in [-0.3, -0.25) is 0 Å². The molecule has 0 aliphatic rings. The third kappa shape index (κ3) is 7.47. The van der Waals surface area contributed by atoms with Crippen LogP contribution in [0.3, 0.4) is 0 Å². The highest BCUT2D eigenvalue weighted by Gasteiger charge is 2.33. The SMILES string of the molecule is CC(C)(C)c1cc(CCCc2ccc(C(C)(C)C)c(C(C)(C)C)c2C(C)(C)C)cc(C(C)(C)C)c1. The van der Waals surface area contributed by atoms with E-state index in [9.17, 15) is 0 Å². The van der Waals surface area contributed by atoms with Crippen molar-refractivity contribution in [2.45, 2.75) is 150 Å². The van der Waals surface area contributed by atoms with Crippen molar-refractivity contribution in [3.05, 3.63) is 69.3 Å². The monoisotopic (exact) mass is 476 g/mol. The van der Waals surface area contributed by atoms with Gasteiger partial charge in [-0.1, -0.05) is 134 Å². The summed E-state index contributed by atoms with van der Waals surface area (Å²) in [5, 5.41) is 0. The molecule has 0 nitrogen and oxygen atoms in total. The van der Waals surface area contributed by atoms with Gasteiger partial charge in [-0.15, -0.1) is 0 Å². The molecule has 0 spiro atoms. The van der Waals surface area contributed by atoms with Gasteiger partial charge in [0.15, 0.2) is 0 Å². The Morgan fingerprint density at radius 2 is 0.914 bits per heavy atom. The quantitative estimate of drug-likeness (QED) is 0.411. The third-order valence-electron chi connectivity index (χ3n) is 7.24. The molecule has 0 heterocycles. The Bertz CT molecular complexity index is 980. The Balaban J connectivity index is 2.50. The average molecular weight is 477 g/mol. The van der Waals surface area contributed by atoms with E-state index < -0.39 is 0 Å². The Morgan fingerprint density at radius 1 is 0.457 bits per heavy atom. The molecular formula is C35H56. The molecule has 0 aliphatic heterocycles. The maximum absolute atomic E-state index is 2.46. The van der Waals surface area contributed by atoms with Crippen molar-refractivity contribution in [1.29, 1.82) is 0 Å². The van der Waals surface area contributed by atoms with Crippen molar-refractivity contribution >= 4 is 0 Å². The maximum atomic E-state index is 2.46. The van der Waals surface area contributed by atoms with Gasteiger partial charge >= 0.3 is 0 Å². The van der Waals surface area contributed by atoms with Crippen molar-refractivity contribution in [3.8, 4) is 0 Å². The minimum absolute atomic E-state index is 0.115. The summed E-state index contributed by atoms with van der Waals surface area (Å²) >= 11 is 0. The molecule has 0 unspecified atom stereocenters. The second-order valence-corrected chi connectivity index (χ2v) is 16.0. The molecule has 0 fully saturated rings. The van der Waals surface area contributed by atoms with Crippen LogP contribution in [-0.4, -0.2) is 0 Å². The number of benzene rings is 2. The van der Waals surface area contributed by atoms with Crippen LogP contribution in [0.1, 0.15) is 149 Å². The highest BCUT2D eigenvalue weighted by Crippen LogP contribution is 2.43. The summed E-state index contributed by atoms with van der Waals surface area (Å²) < 4.78 is 0. The van der Waals surface area contributed by atoms with Gasteiger partial charge in [-0.25, -0.2) is 0 Å². The van der Waals surface area contributed by atoms with E-state index in [0.717, 1.165) is 12.8 Å². The first-order valence-corrected chi connectivity index (χ1v) is 13.8. The molecule has 0 radical (unpaired) electrons. The van der Waals surface area contributed by atoms with Crippen molar-refractivity contribution in [2.75, 3.05) is 0 Å². The van der Waals surface area contributed by atoms with Crippen LogP contribution in [0.2, 0.25) is 0 Å². The predicted octanol–water partition coefficient (Wildman–Crippen LogP) is 10.3. The largest absolute Gasteiger partial charge is 0.0584 e. The van der Waals surface area contributed by atoms with E-state index in [0.29, 0.717) is 0 Å². The van der Waals surface area contributed by atoms with Gasteiger partial charge in [0.25, 0.3) is 0 Å². The van der Waals surface area contributed by atoms with E-state index in [1.165, 1.54) is 28.7 Å². The molecule has 0 heteroatoms. The number of aryl methyl sites for hydroxylation is 2. The van der Waals surface area contributed by atoms with Crippen LogP contribution in [0.4, 0.5) is 0 Å². The Hall–Kier alpha value is -1.56. The number of hydrogen-bond acceptors (Lipinski definition) is 0. The predicted molar refractivity (Wildman–Crippen MR) is 158 cm³/mol. The second-order valence-electron chi connectivity index (χ2n) is 16.0. The van der Waals surface area contributed by atoms with Gasteiger partial charge in [0.1, 0.15) is 0 Å². The van der Waals surface area contributed by atoms with Crippen LogP contribution in [0.5, 0.6) is 0 Å². The van der Waals surface area contributed by atoms with Crippen LogP contribution >= 0.6 is 0 Å². The highest BCUT2D eigenvalue weighted by atomic mass is 14.4. The first-order chi connectivity index (χ1) is 15.5. The summed E-state index contributed by atoms with van der Waals surface area (Å²) in [7, 11) is 0. The van der Waals surface area contributed by atoms with Crippen LogP contribution in [-0.2, 0) is 39.9 Å². The Morgan fingerprint density at radius 3 is 1.29 bits per heavy atom. The zero-order chi connectivity index (χ0) is 27.2. The molecule has 0 N–H and O–H groups in total. The molecule has 2 rings (SSSR count). The Kier molecular flexibility index (Phi) is 8.24. The van der Waals surface area contributed by atoms with E-state index in [2.05, 4.69) is 134 Å². The maximum Gasteiger partial charge on any atom is -0.0126 e. The minimum Gasteiger partial charge on any atom is -0.0584 e. The molecule has 2 aromatic rings. The second kappa shape index (κ2) is 9.72. The van der Waals surface area contributed by atoms with Crippen molar-refractivity contribution in [1.82, 2.24) is 0 Å². The lowest BCUT2D eigenvalue weighted by atomic mass is 9.67. The zero-order valence-corrected chi connectivity index (χ0v) is 26.0. The van der Waals surface area contributed by atoms with E-state index in [4.69, 9.17) is 0 Å². The summed E-state index contributed by atoms with van der Waals surface area (Å²) in [6.45, 7) is 35.4. The highest BCUT2D eigenvalue weighted by molar-refractivity contribution is 5.51. The summed E-state index contributed by atoms with van der Waals surface area (Å²) in [4.78, 5) is 0. The van der Waals surface area contributed by atoms with Gasteiger partial charge < -0.3 is 0 Å². The first-order valence-electron chi connectivity index (χ1n) is 13.8. The molecule has 0 amide bonds. The van der Waals surface area contributed by atoms with E-state index >= 15 is 0 Å². The lowest BCUT2D eigenvalue weighted by molar-refractivity contribution is 0.493. The molecule has 196 valence electrons. The third-order valence-corrected chi connectivity index (χ3v) is 7.24. The molecule has 35 heavy (non-hydrogen) atoms. The summed E-state index contributed by atoms with van der Waals surface area (Å²) in [6, 6.07) is 12.2. The molecule has 0 atom stereocenters. The van der Waals surface area contributed by atoms with Crippen molar-refractivity contribution in [3.63, 3.8) is 0 Å². The molecule has 0 saturated heterocycles. The fourth-order valence-electron chi connectivity index (χ4n) is 5.30. The first kappa shape index (κ1) is 29.7. The molecule has 0 aliphatic carbocycles. The van der Waals surface area contributed by atoms with Gasteiger partial charge in [-0.2, -0.15) is 0 Å². The normalized spacial score (nSPS) is 13.9. The Labute approximate surface area is 219 Å². The molecule has 2 aromatic carbocycles. The summed E-state index contributed by atoms with van der Waals surface area (Å²) in [5.41, 5.74) is 11.3. The molecule has 0 aromatic heterocycles. The van der Waals surface area contributed by atoms with Crippen molar-refractivity contribution < 1.29 is 0 Å². The van der Waals surface area contributed by atoms with Gasteiger partial charge in [0, 0.05) is 0 Å². The van der Waals surface area contributed by atoms with Crippen LogP contribution in [0, 0.1) is 0 Å². The van der Waals surface area contributed by atoms with Gasteiger partial charge in [0.2, 0.25) is 0 Å². The van der Waals surface area contributed by atoms with Crippen LogP contribution in [0.25, 0.3) is 0 Å². The van der Waals surface area contributed by atoms with E-state index in [1.807, 2.05) is 0 Å². The van der Waals surface area contributed by atoms with E-state index in [1.54, 1.807) is 16.7 Å². The van der Waals surface area contributed by atoms with Crippen LogP contribution in [0.15, 0.2) is 30.3 Å². The van der Waals surface area contributed by atoms with E-state index in [-0.39, 0.29) is 27.1 Å². The van der Waals surface area contributed by atoms with Gasteiger partial charge in [0.05, 0.1) is 0 Å². The zero-order valence-electron chi connectivity index (χ0n) is 26.0. The van der Waals surface area contributed by atoms with Gasteiger partial charge in [-0.05, 0) is 85.3 Å².